The van der Waals surface area contributed by atoms with Crippen LogP contribution in [0.5, 0.6) is 0 Å². The second kappa shape index (κ2) is 4.92. The molecule has 1 N–H and O–H groups in total. The molecule has 0 atom stereocenters. The molecule has 2 aromatic rings. The molecule has 80 valence electrons. The van der Waals surface area contributed by atoms with E-state index >= 15 is 0 Å². The van der Waals surface area contributed by atoms with E-state index in [2.05, 4.69) is 42.2 Å². The van der Waals surface area contributed by atoms with Crippen molar-refractivity contribution in [3.63, 3.8) is 0 Å². The van der Waals surface area contributed by atoms with Crippen LogP contribution in [0, 0.1) is 0 Å². The van der Waals surface area contributed by atoms with Gasteiger partial charge >= 0.3 is 0 Å². The standard InChI is InChI=1S/C10H12BrN3S/c1-12-4-8-5-13-7-14(8)6-10-9(11)2-3-15-10/h2-3,5,7,12H,4,6H2,1H3. The van der Waals surface area contributed by atoms with Crippen LogP contribution in [0.3, 0.4) is 0 Å². The van der Waals surface area contributed by atoms with Crippen LogP contribution in [-0.2, 0) is 13.1 Å². The molecular weight excluding hydrogens is 274 g/mol. The summed E-state index contributed by atoms with van der Waals surface area (Å²) in [6, 6.07) is 2.08. The SMILES string of the molecule is CNCc1cncn1Cc1sccc1Br. The molecule has 0 aromatic carbocycles. The number of rotatable bonds is 4. The summed E-state index contributed by atoms with van der Waals surface area (Å²) < 4.78 is 3.34. The third-order valence-corrected chi connectivity index (χ3v) is 4.07. The first-order valence-corrected chi connectivity index (χ1v) is 6.34. The first kappa shape index (κ1) is 10.9. The molecule has 2 rings (SSSR count). The van der Waals surface area contributed by atoms with Crippen LogP contribution in [0.1, 0.15) is 10.6 Å². The van der Waals surface area contributed by atoms with Crippen LogP contribution in [-0.4, -0.2) is 16.6 Å². The topological polar surface area (TPSA) is 29.9 Å². The fourth-order valence-corrected chi connectivity index (χ4v) is 2.89. The first-order valence-electron chi connectivity index (χ1n) is 4.66. The van der Waals surface area contributed by atoms with Gasteiger partial charge in [0.2, 0.25) is 0 Å². The molecule has 3 nitrogen and oxygen atoms in total. The molecule has 2 heterocycles. The summed E-state index contributed by atoms with van der Waals surface area (Å²) in [6.45, 7) is 1.73. The lowest BCUT2D eigenvalue weighted by Crippen LogP contribution is -2.11. The summed E-state index contributed by atoms with van der Waals surface area (Å²) in [5, 5.41) is 5.23. The van der Waals surface area contributed by atoms with Crippen LogP contribution >= 0.6 is 27.3 Å². The highest BCUT2D eigenvalue weighted by atomic mass is 79.9. The maximum atomic E-state index is 4.16. The number of nitrogens with zero attached hydrogens (tertiary/aromatic N) is 2. The summed E-state index contributed by atoms with van der Waals surface area (Å²) in [6.07, 6.45) is 3.77. The molecule has 0 spiro atoms. The van der Waals surface area contributed by atoms with Gasteiger partial charge in [-0.2, -0.15) is 0 Å². The lowest BCUT2D eigenvalue weighted by atomic mass is 10.4. The van der Waals surface area contributed by atoms with Crippen LogP contribution in [0.15, 0.2) is 28.4 Å². The molecule has 2 aromatic heterocycles. The maximum Gasteiger partial charge on any atom is 0.0952 e. The van der Waals surface area contributed by atoms with Gasteiger partial charge in [-0.25, -0.2) is 4.98 Å². The minimum Gasteiger partial charge on any atom is -0.328 e. The van der Waals surface area contributed by atoms with Crippen molar-refractivity contribution in [3.05, 3.63) is 39.0 Å². The Kier molecular flexibility index (Phi) is 3.56. The zero-order chi connectivity index (χ0) is 10.7. The molecule has 0 radical (unpaired) electrons. The van der Waals surface area contributed by atoms with Crippen molar-refractivity contribution in [1.29, 1.82) is 0 Å². The largest absolute Gasteiger partial charge is 0.328 e. The zero-order valence-corrected chi connectivity index (χ0v) is 10.8. The molecule has 0 aliphatic heterocycles. The molecule has 0 bridgehead atoms. The Morgan fingerprint density at radius 3 is 3.13 bits per heavy atom. The van der Waals surface area contributed by atoms with Crippen LogP contribution < -0.4 is 5.32 Å². The molecule has 15 heavy (non-hydrogen) atoms. The Morgan fingerprint density at radius 1 is 1.60 bits per heavy atom. The van der Waals surface area contributed by atoms with Crippen molar-refractivity contribution in [2.45, 2.75) is 13.1 Å². The van der Waals surface area contributed by atoms with E-state index in [4.69, 9.17) is 0 Å². The van der Waals surface area contributed by atoms with Crippen molar-refractivity contribution >= 4 is 27.3 Å². The van der Waals surface area contributed by atoms with Crippen LogP contribution in [0.4, 0.5) is 0 Å². The quantitative estimate of drug-likeness (QED) is 0.935. The molecule has 5 heteroatoms. The fourth-order valence-electron chi connectivity index (χ4n) is 1.41. The van der Waals surface area contributed by atoms with Gasteiger partial charge in [0.1, 0.15) is 0 Å². The summed E-state index contributed by atoms with van der Waals surface area (Å²) >= 11 is 5.30. The second-order valence-corrected chi connectivity index (χ2v) is 5.09. The number of halogens is 1. The van der Waals surface area contributed by atoms with Crippen molar-refractivity contribution in [2.24, 2.45) is 0 Å². The van der Waals surface area contributed by atoms with E-state index in [0.29, 0.717) is 0 Å². The van der Waals surface area contributed by atoms with Gasteiger partial charge < -0.3 is 9.88 Å². The fraction of sp³-hybridized carbons (Fsp3) is 0.300. The zero-order valence-electron chi connectivity index (χ0n) is 8.40. The maximum absolute atomic E-state index is 4.16. The number of hydrogen-bond acceptors (Lipinski definition) is 3. The highest BCUT2D eigenvalue weighted by Gasteiger charge is 2.05. The average molecular weight is 286 g/mol. The van der Waals surface area contributed by atoms with E-state index in [0.717, 1.165) is 13.1 Å². The van der Waals surface area contributed by atoms with Crippen molar-refractivity contribution in [2.75, 3.05) is 7.05 Å². The van der Waals surface area contributed by atoms with Gasteiger partial charge in [-0.15, -0.1) is 11.3 Å². The summed E-state index contributed by atoms with van der Waals surface area (Å²) in [7, 11) is 1.94. The Morgan fingerprint density at radius 2 is 2.47 bits per heavy atom. The minimum atomic E-state index is 0.850. The van der Waals surface area contributed by atoms with Crippen LogP contribution in [0.25, 0.3) is 0 Å². The smallest absolute Gasteiger partial charge is 0.0952 e. The molecule has 0 amide bonds. The molecule has 0 unspecified atom stereocenters. The van der Waals surface area contributed by atoms with Crippen LogP contribution in [0.2, 0.25) is 0 Å². The van der Waals surface area contributed by atoms with Crippen molar-refractivity contribution < 1.29 is 0 Å². The monoisotopic (exact) mass is 285 g/mol. The van der Waals surface area contributed by atoms with Gasteiger partial charge in [-0.3, -0.25) is 0 Å². The second-order valence-electron chi connectivity index (χ2n) is 3.23. The van der Waals surface area contributed by atoms with E-state index in [1.54, 1.807) is 11.3 Å². The van der Waals surface area contributed by atoms with Gasteiger partial charge in [0.15, 0.2) is 0 Å². The summed E-state index contributed by atoms with van der Waals surface area (Å²) in [5.41, 5.74) is 1.21. The van der Waals surface area contributed by atoms with Gasteiger partial charge in [0.25, 0.3) is 0 Å². The first-order chi connectivity index (χ1) is 7.31. The van der Waals surface area contributed by atoms with Crippen molar-refractivity contribution in [3.8, 4) is 0 Å². The molecular formula is C10H12BrN3S. The highest BCUT2D eigenvalue weighted by Crippen LogP contribution is 2.23. The minimum absolute atomic E-state index is 0.850. The summed E-state index contributed by atoms with van der Waals surface area (Å²) in [5.74, 6) is 0. The Bertz CT molecular complexity index is 435. The van der Waals surface area contributed by atoms with Gasteiger partial charge in [0.05, 0.1) is 18.6 Å². The molecule has 0 aliphatic carbocycles. The lowest BCUT2D eigenvalue weighted by Gasteiger charge is -2.06. The van der Waals surface area contributed by atoms with E-state index in [1.165, 1.54) is 15.0 Å². The average Bonchev–Trinajstić information content (AvgIpc) is 2.80. The number of nitrogens with one attached hydrogen (secondary N) is 1. The number of imidazole rings is 1. The molecule has 0 saturated carbocycles. The lowest BCUT2D eigenvalue weighted by molar-refractivity contribution is 0.697. The number of hydrogen-bond donors (Lipinski definition) is 1. The van der Waals surface area contributed by atoms with Gasteiger partial charge in [-0.05, 0) is 34.4 Å². The Balaban J connectivity index is 2.17. The van der Waals surface area contributed by atoms with Crippen molar-refractivity contribution in [1.82, 2.24) is 14.9 Å². The Hall–Kier alpha value is -0.650. The predicted octanol–water partition coefficient (Wildman–Crippen LogP) is 2.47. The van der Waals surface area contributed by atoms with E-state index in [-0.39, 0.29) is 0 Å². The Labute approximate surface area is 101 Å². The molecule has 0 aliphatic rings. The molecule has 0 saturated heterocycles. The third-order valence-electron chi connectivity index (χ3n) is 2.16. The van der Waals surface area contributed by atoms with E-state index in [1.807, 2.05) is 19.6 Å². The third kappa shape index (κ3) is 2.48. The summed E-state index contributed by atoms with van der Waals surface area (Å²) in [4.78, 5) is 5.49. The predicted molar refractivity (Wildman–Crippen MR) is 66.1 cm³/mol. The van der Waals surface area contributed by atoms with Gasteiger partial charge in [-0.1, -0.05) is 0 Å². The molecule has 0 fully saturated rings. The number of thiophene rings is 1. The normalized spacial score (nSPS) is 10.8. The van der Waals surface area contributed by atoms with Gasteiger partial charge in [0, 0.05) is 22.1 Å². The highest BCUT2D eigenvalue weighted by molar-refractivity contribution is 9.10. The van der Waals surface area contributed by atoms with E-state index in [9.17, 15) is 0 Å². The van der Waals surface area contributed by atoms with E-state index < -0.39 is 0 Å². The number of aromatic nitrogens is 2.